The van der Waals surface area contributed by atoms with E-state index in [0.717, 1.165) is 0 Å². The molecule has 0 spiro atoms. The lowest BCUT2D eigenvalue weighted by Crippen LogP contribution is -2.30. The van der Waals surface area contributed by atoms with E-state index < -0.39 is 23.3 Å². The number of benzene rings is 3. The summed E-state index contributed by atoms with van der Waals surface area (Å²) in [5.41, 5.74) is 2.09. The van der Waals surface area contributed by atoms with Gasteiger partial charge in [0, 0.05) is 33.7 Å². The summed E-state index contributed by atoms with van der Waals surface area (Å²) in [7, 11) is 0. The summed E-state index contributed by atoms with van der Waals surface area (Å²) < 4.78 is 5.34. The lowest BCUT2D eigenvalue weighted by atomic mass is 9.85. The Morgan fingerprint density at radius 3 is 2.21 bits per heavy atom. The van der Waals surface area contributed by atoms with Crippen molar-refractivity contribution >= 4 is 57.4 Å². The Morgan fingerprint density at radius 1 is 0.930 bits per heavy atom. The van der Waals surface area contributed by atoms with Gasteiger partial charge in [-0.15, -0.1) is 0 Å². The molecule has 214 valence electrons. The van der Waals surface area contributed by atoms with Crippen LogP contribution in [0.25, 0.3) is 22.2 Å². The van der Waals surface area contributed by atoms with E-state index in [1.54, 1.807) is 42.5 Å². The van der Waals surface area contributed by atoms with E-state index in [1.165, 1.54) is 35.2 Å². The lowest BCUT2D eigenvalue weighted by molar-refractivity contribution is -0.384. The molecule has 1 aliphatic carbocycles. The van der Waals surface area contributed by atoms with Crippen LogP contribution in [0.1, 0.15) is 33.6 Å². The number of hydrogen-bond donors (Lipinski definition) is 0. The molecule has 6 rings (SSSR count). The first-order valence-corrected chi connectivity index (χ1v) is 13.8. The molecule has 11 heteroatoms. The minimum absolute atomic E-state index is 0.129. The number of halogens is 1. The van der Waals surface area contributed by atoms with Crippen LogP contribution in [0.15, 0.2) is 84.9 Å². The number of allylic oxidation sites excluding steroid dienone is 2. The summed E-state index contributed by atoms with van der Waals surface area (Å²) in [6, 6.07) is 18.2. The van der Waals surface area contributed by atoms with Crippen molar-refractivity contribution < 1.29 is 28.8 Å². The fourth-order valence-corrected chi connectivity index (χ4v) is 5.58. The van der Waals surface area contributed by atoms with Crippen LogP contribution in [-0.4, -0.2) is 40.1 Å². The molecule has 2 aliphatic rings. The van der Waals surface area contributed by atoms with E-state index in [9.17, 15) is 29.3 Å². The van der Waals surface area contributed by atoms with Crippen LogP contribution >= 0.6 is 11.6 Å². The molecule has 1 aliphatic heterocycles. The van der Waals surface area contributed by atoms with Crippen molar-refractivity contribution in [3.8, 4) is 11.3 Å². The third kappa shape index (κ3) is 5.28. The number of nitro benzene ring substituents is 1. The quantitative estimate of drug-likeness (QED) is 0.0637. The molecule has 43 heavy (non-hydrogen) atoms. The summed E-state index contributed by atoms with van der Waals surface area (Å²) >= 11 is 6.20. The number of carbonyl (C=O) groups is 4. The average molecular weight is 596 g/mol. The average Bonchev–Trinajstić information content (AvgIpc) is 3.28. The second kappa shape index (κ2) is 11.2. The first-order chi connectivity index (χ1) is 20.7. The number of ketones is 1. The number of fused-ring (bicyclic) bond motifs is 2. The number of anilines is 1. The molecule has 1 fully saturated rings. The van der Waals surface area contributed by atoms with Crippen LogP contribution in [0.2, 0.25) is 5.02 Å². The summed E-state index contributed by atoms with van der Waals surface area (Å²) in [5.74, 6) is -2.41. The zero-order valence-electron chi connectivity index (χ0n) is 22.4. The SMILES string of the molecule is O=C(COC(=O)c1cc(-c2ccc(N3C(=O)C4CC=CCC4C3=O)cc2)nc2ccc(Cl)cc12)c1ccc([N+](=O)[O-])cc1. The van der Waals surface area contributed by atoms with E-state index in [2.05, 4.69) is 4.98 Å². The number of rotatable bonds is 7. The zero-order valence-corrected chi connectivity index (χ0v) is 23.2. The van der Waals surface area contributed by atoms with Crippen LogP contribution < -0.4 is 4.90 Å². The second-order valence-electron chi connectivity index (χ2n) is 10.2. The summed E-state index contributed by atoms with van der Waals surface area (Å²) in [6.45, 7) is -0.583. The molecule has 2 heterocycles. The molecule has 1 saturated heterocycles. The Morgan fingerprint density at radius 2 is 1.58 bits per heavy atom. The predicted molar refractivity (Wildman–Crippen MR) is 158 cm³/mol. The first-order valence-electron chi connectivity index (χ1n) is 13.4. The molecule has 0 saturated carbocycles. The van der Waals surface area contributed by atoms with Crippen molar-refractivity contribution in [2.45, 2.75) is 12.8 Å². The molecule has 3 aromatic carbocycles. The number of esters is 1. The third-order valence-electron chi connectivity index (χ3n) is 7.65. The van der Waals surface area contributed by atoms with Crippen molar-refractivity contribution in [1.82, 2.24) is 4.98 Å². The zero-order chi connectivity index (χ0) is 30.2. The molecule has 0 radical (unpaired) electrons. The van der Waals surface area contributed by atoms with E-state index in [4.69, 9.17) is 16.3 Å². The van der Waals surface area contributed by atoms with Crippen molar-refractivity contribution in [2.24, 2.45) is 11.8 Å². The summed E-state index contributed by atoms with van der Waals surface area (Å²) in [5, 5.41) is 11.7. The van der Waals surface area contributed by atoms with Gasteiger partial charge >= 0.3 is 5.97 Å². The van der Waals surface area contributed by atoms with Crippen LogP contribution in [0, 0.1) is 22.0 Å². The van der Waals surface area contributed by atoms with E-state index in [-0.39, 0.29) is 40.5 Å². The van der Waals surface area contributed by atoms with Gasteiger partial charge in [-0.2, -0.15) is 0 Å². The van der Waals surface area contributed by atoms with Gasteiger partial charge in [0.1, 0.15) is 0 Å². The summed E-state index contributed by atoms with van der Waals surface area (Å²) in [6.07, 6.45) is 4.97. The lowest BCUT2D eigenvalue weighted by Gasteiger charge is -2.15. The van der Waals surface area contributed by atoms with Crippen LogP contribution in [0.3, 0.4) is 0 Å². The fourth-order valence-electron chi connectivity index (χ4n) is 5.41. The maximum atomic E-state index is 13.2. The number of imide groups is 1. The van der Waals surface area contributed by atoms with Crippen molar-refractivity contribution in [3.63, 3.8) is 0 Å². The first kappa shape index (κ1) is 27.9. The highest BCUT2D eigenvalue weighted by Gasteiger charge is 2.47. The van der Waals surface area contributed by atoms with Gasteiger partial charge in [-0.3, -0.25) is 29.4 Å². The molecule has 2 amide bonds. The van der Waals surface area contributed by atoms with E-state index in [1.807, 2.05) is 12.2 Å². The van der Waals surface area contributed by atoms with Gasteiger partial charge in [0.05, 0.1) is 39.2 Å². The van der Waals surface area contributed by atoms with Gasteiger partial charge in [-0.05, 0) is 61.4 Å². The minimum atomic E-state index is -0.785. The van der Waals surface area contributed by atoms with Crippen molar-refractivity contribution in [2.75, 3.05) is 11.5 Å². The van der Waals surface area contributed by atoms with Crippen LogP contribution in [0.5, 0.6) is 0 Å². The number of hydrogen-bond acceptors (Lipinski definition) is 8. The van der Waals surface area contributed by atoms with Gasteiger partial charge in [0.2, 0.25) is 11.8 Å². The van der Waals surface area contributed by atoms with Crippen molar-refractivity contribution in [3.05, 3.63) is 111 Å². The van der Waals surface area contributed by atoms with Gasteiger partial charge in [0.25, 0.3) is 5.69 Å². The second-order valence-corrected chi connectivity index (χ2v) is 10.7. The maximum Gasteiger partial charge on any atom is 0.339 e. The smallest absolute Gasteiger partial charge is 0.339 e. The van der Waals surface area contributed by atoms with Crippen LogP contribution in [0.4, 0.5) is 11.4 Å². The topological polar surface area (TPSA) is 137 Å². The number of ether oxygens (including phenoxy) is 1. The van der Waals surface area contributed by atoms with Crippen LogP contribution in [-0.2, 0) is 14.3 Å². The Bertz CT molecular complexity index is 1830. The normalized spacial score (nSPS) is 17.7. The number of pyridine rings is 1. The number of aromatic nitrogens is 1. The van der Waals surface area contributed by atoms with E-state index in [0.29, 0.717) is 45.7 Å². The molecule has 2 atom stereocenters. The third-order valence-corrected chi connectivity index (χ3v) is 7.89. The van der Waals surface area contributed by atoms with E-state index >= 15 is 0 Å². The monoisotopic (exact) mass is 595 g/mol. The van der Waals surface area contributed by atoms with Gasteiger partial charge in [-0.1, -0.05) is 35.9 Å². The molecule has 1 aromatic heterocycles. The van der Waals surface area contributed by atoms with Gasteiger partial charge in [-0.25, -0.2) is 9.78 Å². The molecule has 4 aromatic rings. The Kier molecular flexibility index (Phi) is 7.29. The molecule has 2 unspecified atom stereocenters. The number of nitro groups is 1. The fraction of sp³-hybridized carbons (Fsp3) is 0.156. The van der Waals surface area contributed by atoms with Crippen molar-refractivity contribution in [1.29, 1.82) is 0 Å². The summed E-state index contributed by atoms with van der Waals surface area (Å²) in [4.78, 5) is 68.0. The Labute approximate surface area is 249 Å². The molecular formula is C32H22ClN3O7. The van der Waals surface area contributed by atoms with Gasteiger partial charge < -0.3 is 4.74 Å². The highest BCUT2D eigenvalue weighted by atomic mass is 35.5. The molecule has 0 bridgehead atoms. The highest BCUT2D eigenvalue weighted by molar-refractivity contribution is 6.31. The number of non-ortho nitro benzene ring substituents is 1. The number of amides is 2. The largest absolute Gasteiger partial charge is 0.454 e. The number of carbonyl (C=O) groups excluding carboxylic acids is 4. The Hall–Kier alpha value is -5.22. The number of Topliss-reactive ketones (excluding diaryl/α,β-unsaturated/α-hetero) is 1. The standard InChI is InChI=1S/C32H22ClN3O7/c33-20-9-14-27-25(15-20)26(32(40)43-17-29(37)19-7-12-22(13-8-19)36(41)42)16-28(34-27)18-5-10-21(11-6-18)35-30(38)23-3-1-2-4-24(23)31(35)39/h1-2,5-16,23-24H,3-4,17H2. The molecule has 0 N–H and O–H groups in total. The maximum absolute atomic E-state index is 13.2. The molecule has 10 nitrogen and oxygen atoms in total. The minimum Gasteiger partial charge on any atom is -0.454 e. The molecular weight excluding hydrogens is 574 g/mol. The number of nitrogens with zero attached hydrogens (tertiary/aromatic N) is 3. The predicted octanol–water partition coefficient (Wildman–Crippen LogP) is 5.96. The highest BCUT2D eigenvalue weighted by Crippen LogP contribution is 2.38. The van der Waals surface area contributed by atoms with Gasteiger partial charge in [0.15, 0.2) is 12.4 Å². The Balaban J connectivity index is 1.26.